The molecule has 0 saturated carbocycles. The largest absolute Gasteiger partial charge is 0.477 e. The van der Waals surface area contributed by atoms with Crippen LogP contribution in [-0.4, -0.2) is 43.8 Å². The highest BCUT2D eigenvalue weighted by molar-refractivity contribution is 5.70. The Kier molecular flexibility index (Phi) is 8.51. The van der Waals surface area contributed by atoms with E-state index in [4.69, 9.17) is 19.3 Å². The number of ether oxygens (including phenoxy) is 3. The zero-order valence-electron chi connectivity index (χ0n) is 8.69. The lowest BCUT2D eigenvalue weighted by atomic mass is 10.5. The molecule has 0 saturated heterocycles. The standard InChI is InChI=1S/C9H18O5/c1-3-5-13-9(8(10)11)14-7-6-12-4-2/h9H,3-7H2,1-2H3,(H,10,11). The van der Waals surface area contributed by atoms with Gasteiger partial charge in [-0.3, -0.25) is 0 Å². The zero-order chi connectivity index (χ0) is 10.8. The summed E-state index contributed by atoms with van der Waals surface area (Å²) in [5.74, 6) is -1.10. The van der Waals surface area contributed by atoms with Crippen molar-refractivity contribution in [2.24, 2.45) is 0 Å². The summed E-state index contributed by atoms with van der Waals surface area (Å²) >= 11 is 0. The van der Waals surface area contributed by atoms with Gasteiger partial charge in [0.25, 0.3) is 6.29 Å². The van der Waals surface area contributed by atoms with Gasteiger partial charge in [-0.1, -0.05) is 6.92 Å². The first kappa shape index (κ1) is 13.4. The van der Waals surface area contributed by atoms with E-state index in [1.165, 1.54) is 0 Å². The highest BCUT2D eigenvalue weighted by Crippen LogP contribution is 1.96. The maximum atomic E-state index is 10.6. The van der Waals surface area contributed by atoms with Gasteiger partial charge in [-0.25, -0.2) is 4.79 Å². The van der Waals surface area contributed by atoms with Gasteiger partial charge in [-0.15, -0.1) is 0 Å². The third-order valence-corrected chi connectivity index (χ3v) is 1.38. The minimum Gasteiger partial charge on any atom is -0.477 e. The van der Waals surface area contributed by atoms with Gasteiger partial charge in [0.05, 0.1) is 19.8 Å². The van der Waals surface area contributed by atoms with Crippen LogP contribution in [0.3, 0.4) is 0 Å². The molecule has 0 aliphatic heterocycles. The Bertz CT molecular complexity index is 148. The number of hydrogen-bond acceptors (Lipinski definition) is 4. The summed E-state index contributed by atoms with van der Waals surface area (Å²) in [5, 5.41) is 8.67. The molecule has 5 nitrogen and oxygen atoms in total. The van der Waals surface area contributed by atoms with E-state index in [2.05, 4.69) is 0 Å². The number of aliphatic carboxylic acids is 1. The molecule has 0 aliphatic carbocycles. The van der Waals surface area contributed by atoms with Crippen LogP contribution in [0.5, 0.6) is 0 Å². The summed E-state index contributed by atoms with van der Waals surface area (Å²) in [7, 11) is 0. The fraction of sp³-hybridized carbons (Fsp3) is 0.889. The Morgan fingerprint density at radius 1 is 1.21 bits per heavy atom. The predicted octanol–water partition coefficient (Wildman–Crippen LogP) is 0.877. The Labute approximate surface area is 84.0 Å². The average Bonchev–Trinajstić information content (AvgIpc) is 2.16. The highest BCUT2D eigenvalue weighted by Gasteiger charge is 2.17. The summed E-state index contributed by atoms with van der Waals surface area (Å²) in [6.45, 7) is 5.36. The Hall–Kier alpha value is -0.650. The first-order chi connectivity index (χ1) is 6.72. The second kappa shape index (κ2) is 8.93. The van der Waals surface area contributed by atoms with Crippen LogP contribution in [0.2, 0.25) is 0 Å². The van der Waals surface area contributed by atoms with Crippen LogP contribution in [0, 0.1) is 0 Å². The molecule has 5 heteroatoms. The van der Waals surface area contributed by atoms with Crippen molar-refractivity contribution >= 4 is 5.97 Å². The lowest BCUT2D eigenvalue weighted by molar-refractivity contribution is -0.191. The smallest absolute Gasteiger partial charge is 0.361 e. The number of hydrogen-bond donors (Lipinski definition) is 1. The molecule has 14 heavy (non-hydrogen) atoms. The number of carbonyl (C=O) groups is 1. The fourth-order valence-electron chi connectivity index (χ4n) is 0.774. The van der Waals surface area contributed by atoms with E-state index in [0.717, 1.165) is 6.42 Å². The predicted molar refractivity (Wildman–Crippen MR) is 50.1 cm³/mol. The van der Waals surface area contributed by atoms with Crippen LogP contribution in [0.1, 0.15) is 20.3 Å². The molecule has 0 heterocycles. The van der Waals surface area contributed by atoms with Crippen molar-refractivity contribution in [3.63, 3.8) is 0 Å². The second-order valence-corrected chi connectivity index (χ2v) is 2.61. The van der Waals surface area contributed by atoms with Crippen molar-refractivity contribution in [1.82, 2.24) is 0 Å². The molecule has 1 N–H and O–H groups in total. The molecule has 0 aliphatic rings. The van der Waals surface area contributed by atoms with E-state index in [9.17, 15) is 4.79 Å². The minimum absolute atomic E-state index is 0.231. The molecule has 0 aromatic heterocycles. The highest BCUT2D eigenvalue weighted by atomic mass is 16.7. The average molecular weight is 206 g/mol. The molecule has 0 bridgehead atoms. The van der Waals surface area contributed by atoms with Crippen molar-refractivity contribution in [3.05, 3.63) is 0 Å². The van der Waals surface area contributed by atoms with Gasteiger partial charge in [-0.05, 0) is 13.3 Å². The van der Waals surface area contributed by atoms with Crippen LogP contribution in [0.15, 0.2) is 0 Å². The summed E-state index contributed by atoms with van der Waals surface area (Å²) in [5.41, 5.74) is 0. The number of carboxylic acids is 1. The van der Waals surface area contributed by atoms with Gasteiger partial charge >= 0.3 is 5.97 Å². The zero-order valence-corrected chi connectivity index (χ0v) is 8.69. The topological polar surface area (TPSA) is 65.0 Å². The molecule has 0 rings (SSSR count). The van der Waals surface area contributed by atoms with Crippen LogP contribution in [-0.2, 0) is 19.0 Å². The summed E-state index contributed by atoms with van der Waals surface area (Å²) in [4.78, 5) is 10.6. The van der Waals surface area contributed by atoms with Gasteiger partial charge in [0.1, 0.15) is 0 Å². The van der Waals surface area contributed by atoms with E-state index in [-0.39, 0.29) is 6.61 Å². The Balaban J connectivity index is 3.57. The van der Waals surface area contributed by atoms with Crippen molar-refractivity contribution < 1.29 is 24.1 Å². The van der Waals surface area contributed by atoms with E-state index in [1.807, 2.05) is 13.8 Å². The summed E-state index contributed by atoms with van der Waals surface area (Å²) in [6, 6.07) is 0. The molecule has 0 aromatic rings. The van der Waals surface area contributed by atoms with Crippen molar-refractivity contribution in [1.29, 1.82) is 0 Å². The van der Waals surface area contributed by atoms with E-state index in [1.54, 1.807) is 0 Å². The molecule has 0 aromatic carbocycles. The Morgan fingerprint density at radius 2 is 1.86 bits per heavy atom. The minimum atomic E-state index is -1.17. The molecule has 1 unspecified atom stereocenters. The molecule has 1 atom stereocenters. The number of carboxylic acid groups (broad SMARTS) is 1. The van der Waals surface area contributed by atoms with Gasteiger partial charge in [0, 0.05) is 6.61 Å². The first-order valence-corrected chi connectivity index (χ1v) is 4.76. The van der Waals surface area contributed by atoms with Crippen LogP contribution < -0.4 is 0 Å². The molecule has 0 amide bonds. The van der Waals surface area contributed by atoms with Crippen molar-refractivity contribution in [2.45, 2.75) is 26.6 Å². The number of rotatable bonds is 9. The third-order valence-electron chi connectivity index (χ3n) is 1.38. The van der Waals surface area contributed by atoms with Crippen LogP contribution in [0.4, 0.5) is 0 Å². The Morgan fingerprint density at radius 3 is 2.36 bits per heavy atom. The second-order valence-electron chi connectivity index (χ2n) is 2.61. The van der Waals surface area contributed by atoms with Crippen LogP contribution in [0.25, 0.3) is 0 Å². The molecule has 0 fully saturated rings. The van der Waals surface area contributed by atoms with Gasteiger partial charge in [0.15, 0.2) is 0 Å². The summed E-state index contributed by atoms with van der Waals surface area (Å²) < 4.78 is 14.9. The quantitative estimate of drug-likeness (QED) is 0.448. The normalized spacial score (nSPS) is 12.7. The lowest BCUT2D eigenvalue weighted by Gasteiger charge is -2.13. The maximum Gasteiger partial charge on any atom is 0.361 e. The van der Waals surface area contributed by atoms with Gasteiger partial charge in [0.2, 0.25) is 0 Å². The van der Waals surface area contributed by atoms with E-state index < -0.39 is 12.3 Å². The van der Waals surface area contributed by atoms with E-state index in [0.29, 0.717) is 19.8 Å². The van der Waals surface area contributed by atoms with Gasteiger partial charge in [-0.2, -0.15) is 0 Å². The molecule has 0 radical (unpaired) electrons. The third kappa shape index (κ3) is 6.82. The lowest BCUT2D eigenvalue weighted by Crippen LogP contribution is -2.28. The monoisotopic (exact) mass is 206 g/mol. The van der Waals surface area contributed by atoms with Crippen LogP contribution >= 0.6 is 0 Å². The fourth-order valence-corrected chi connectivity index (χ4v) is 0.774. The van der Waals surface area contributed by atoms with E-state index >= 15 is 0 Å². The van der Waals surface area contributed by atoms with Crippen molar-refractivity contribution in [2.75, 3.05) is 26.4 Å². The first-order valence-electron chi connectivity index (χ1n) is 4.76. The summed E-state index contributed by atoms with van der Waals surface area (Å²) in [6.07, 6.45) is -0.408. The SMILES string of the molecule is CCCOC(OCCOCC)C(=O)O. The molecule has 0 spiro atoms. The maximum absolute atomic E-state index is 10.6. The van der Waals surface area contributed by atoms with Crippen molar-refractivity contribution in [3.8, 4) is 0 Å². The van der Waals surface area contributed by atoms with Gasteiger partial charge < -0.3 is 19.3 Å². The molecular weight excluding hydrogens is 188 g/mol. The molecule has 84 valence electrons. The molecular formula is C9H18O5.